The van der Waals surface area contributed by atoms with Crippen LogP contribution in [0, 0.1) is 5.82 Å². The van der Waals surface area contributed by atoms with E-state index in [9.17, 15) is 9.18 Å². The molecular formula is C18H15ClFN3O2. The Morgan fingerprint density at radius 1 is 1.32 bits per heavy atom. The predicted molar refractivity (Wildman–Crippen MR) is 95.2 cm³/mol. The molecule has 0 unspecified atom stereocenters. The van der Waals surface area contributed by atoms with Gasteiger partial charge in [-0.2, -0.15) is 0 Å². The Bertz CT molecular complexity index is 880. The minimum Gasteiger partial charge on any atom is -0.447 e. The van der Waals surface area contributed by atoms with Crippen molar-refractivity contribution in [1.82, 2.24) is 0 Å². The maximum Gasteiger partial charge on any atom is 0.333 e. The predicted octanol–water partition coefficient (Wildman–Crippen LogP) is 3.09. The molecule has 3 rings (SSSR count). The Labute approximate surface area is 149 Å². The molecule has 0 radical (unpaired) electrons. The summed E-state index contributed by atoms with van der Waals surface area (Å²) in [5, 5.41) is 3.62. The van der Waals surface area contributed by atoms with Crippen molar-refractivity contribution in [1.29, 1.82) is 0 Å². The fourth-order valence-corrected chi connectivity index (χ4v) is 2.69. The highest BCUT2D eigenvalue weighted by Gasteiger charge is 2.19. The lowest BCUT2D eigenvalue weighted by atomic mass is 10.00. The number of nitrogens with zero attached hydrogens (tertiary/aromatic N) is 1. The van der Waals surface area contributed by atoms with E-state index in [1.54, 1.807) is 36.4 Å². The van der Waals surface area contributed by atoms with Gasteiger partial charge in [0.1, 0.15) is 12.5 Å². The smallest absolute Gasteiger partial charge is 0.333 e. The van der Waals surface area contributed by atoms with E-state index in [0.29, 0.717) is 33.2 Å². The lowest BCUT2D eigenvalue weighted by Crippen LogP contribution is -2.12. The molecule has 1 aliphatic rings. The summed E-state index contributed by atoms with van der Waals surface area (Å²) >= 11 is 6.11. The molecule has 3 N–H and O–H groups in total. The van der Waals surface area contributed by atoms with Gasteiger partial charge in [0.25, 0.3) is 0 Å². The first kappa shape index (κ1) is 17.1. The van der Waals surface area contributed by atoms with E-state index in [4.69, 9.17) is 22.1 Å². The number of fused-ring (bicyclic) bond motifs is 1. The van der Waals surface area contributed by atoms with Crippen LogP contribution in [0.25, 0.3) is 0 Å². The van der Waals surface area contributed by atoms with Gasteiger partial charge >= 0.3 is 5.97 Å². The molecule has 0 aliphatic carbocycles. The van der Waals surface area contributed by atoms with Crippen LogP contribution in [0.3, 0.4) is 0 Å². The number of anilines is 1. The van der Waals surface area contributed by atoms with Gasteiger partial charge in [0, 0.05) is 33.6 Å². The molecule has 2 aromatic carbocycles. The molecule has 128 valence electrons. The molecule has 1 aliphatic heterocycles. The normalized spacial score (nSPS) is 15.0. The van der Waals surface area contributed by atoms with Crippen LogP contribution in [0.4, 0.5) is 10.1 Å². The first-order valence-corrected chi connectivity index (χ1v) is 7.90. The standard InChI is InChI=1S/C18H15ClFN3O2/c19-11-5-6-16-14(7-11)18(13-3-1-2-4-15(13)20)22-9-12(23-16)8-17(24)25-10-21/h1-8,23H,9-10,21H2. The van der Waals surface area contributed by atoms with Crippen molar-refractivity contribution in [2.45, 2.75) is 0 Å². The van der Waals surface area contributed by atoms with Gasteiger partial charge in [0.2, 0.25) is 0 Å². The van der Waals surface area contributed by atoms with Crippen LogP contribution < -0.4 is 11.1 Å². The van der Waals surface area contributed by atoms with E-state index in [-0.39, 0.29) is 19.1 Å². The van der Waals surface area contributed by atoms with Gasteiger partial charge in [-0.15, -0.1) is 0 Å². The number of benzodiazepines with no additional fused rings is 1. The van der Waals surface area contributed by atoms with Crippen LogP contribution in [0.2, 0.25) is 5.02 Å². The molecule has 7 heteroatoms. The van der Waals surface area contributed by atoms with Crippen molar-refractivity contribution in [2.75, 3.05) is 18.6 Å². The van der Waals surface area contributed by atoms with Gasteiger partial charge in [0.05, 0.1) is 12.3 Å². The van der Waals surface area contributed by atoms with E-state index in [1.165, 1.54) is 12.1 Å². The third-order valence-electron chi connectivity index (χ3n) is 3.59. The quantitative estimate of drug-likeness (QED) is 0.501. The summed E-state index contributed by atoms with van der Waals surface area (Å²) in [5.74, 6) is -0.966. The molecule has 25 heavy (non-hydrogen) atoms. The number of hydrogen-bond donors (Lipinski definition) is 2. The zero-order valence-electron chi connectivity index (χ0n) is 13.1. The lowest BCUT2D eigenvalue weighted by Gasteiger charge is -2.12. The summed E-state index contributed by atoms with van der Waals surface area (Å²) in [7, 11) is 0. The van der Waals surface area contributed by atoms with Gasteiger partial charge in [0.15, 0.2) is 0 Å². The van der Waals surface area contributed by atoms with Gasteiger partial charge in [-0.1, -0.05) is 23.7 Å². The second kappa shape index (κ2) is 7.46. The summed E-state index contributed by atoms with van der Waals surface area (Å²) in [6.45, 7) is -0.0613. The van der Waals surface area contributed by atoms with Gasteiger partial charge in [-0.05, 0) is 30.3 Å². The zero-order valence-corrected chi connectivity index (χ0v) is 13.9. The molecule has 0 amide bonds. The summed E-state index contributed by atoms with van der Waals surface area (Å²) in [6, 6.07) is 11.5. The number of aliphatic imine (C=N–C) groups is 1. The topological polar surface area (TPSA) is 76.7 Å². The average Bonchev–Trinajstić information content (AvgIpc) is 2.75. The van der Waals surface area contributed by atoms with E-state index in [2.05, 4.69) is 10.3 Å². The Balaban J connectivity index is 2.10. The Morgan fingerprint density at radius 2 is 2.12 bits per heavy atom. The second-order valence-corrected chi connectivity index (χ2v) is 5.70. The van der Waals surface area contributed by atoms with Crippen LogP contribution in [0.15, 0.2) is 59.2 Å². The maximum atomic E-state index is 14.3. The molecule has 0 saturated heterocycles. The molecule has 0 bridgehead atoms. The number of esters is 1. The van der Waals surface area contributed by atoms with Crippen LogP contribution in [0.1, 0.15) is 11.1 Å². The SMILES string of the molecule is NCOC(=O)C=C1CN=C(c2ccccc2F)c2cc(Cl)ccc2N1. The molecule has 0 fully saturated rings. The fraction of sp³-hybridized carbons (Fsp3) is 0.111. The molecule has 0 atom stereocenters. The second-order valence-electron chi connectivity index (χ2n) is 5.26. The first-order chi connectivity index (χ1) is 12.1. The minimum atomic E-state index is -0.579. The third-order valence-corrected chi connectivity index (χ3v) is 3.82. The third kappa shape index (κ3) is 3.87. The van der Waals surface area contributed by atoms with Crippen molar-refractivity contribution in [3.63, 3.8) is 0 Å². The highest BCUT2D eigenvalue weighted by atomic mass is 35.5. The van der Waals surface area contributed by atoms with Crippen LogP contribution in [0.5, 0.6) is 0 Å². The Morgan fingerprint density at radius 3 is 2.88 bits per heavy atom. The number of ether oxygens (including phenoxy) is 1. The molecular weight excluding hydrogens is 345 g/mol. The Hall–Kier alpha value is -2.70. The number of carbonyl (C=O) groups excluding carboxylic acids is 1. The fourth-order valence-electron chi connectivity index (χ4n) is 2.51. The van der Waals surface area contributed by atoms with Crippen LogP contribution >= 0.6 is 11.6 Å². The molecule has 2 aromatic rings. The van der Waals surface area contributed by atoms with Crippen molar-refractivity contribution < 1.29 is 13.9 Å². The number of carbonyl (C=O) groups is 1. The van der Waals surface area contributed by atoms with Crippen molar-refractivity contribution >= 4 is 29.0 Å². The summed E-state index contributed by atoms with van der Waals surface area (Å²) in [5.41, 5.74) is 7.83. The highest BCUT2D eigenvalue weighted by Crippen LogP contribution is 2.28. The number of halogens is 2. The largest absolute Gasteiger partial charge is 0.447 e. The maximum absolute atomic E-state index is 14.3. The van der Waals surface area contributed by atoms with Crippen molar-refractivity contribution in [3.05, 3.63) is 76.2 Å². The van der Waals surface area contributed by atoms with Crippen molar-refractivity contribution in [3.8, 4) is 0 Å². The van der Waals surface area contributed by atoms with Gasteiger partial charge in [-0.3, -0.25) is 10.7 Å². The van der Waals surface area contributed by atoms with Crippen molar-refractivity contribution in [2.24, 2.45) is 10.7 Å². The molecule has 5 nitrogen and oxygen atoms in total. The average molecular weight is 360 g/mol. The lowest BCUT2D eigenvalue weighted by molar-refractivity contribution is -0.137. The number of nitrogens with two attached hydrogens (primary N) is 1. The molecule has 0 spiro atoms. The minimum absolute atomic E-state index is 0.148. The van der Waals surface area contributed by atoms with E-state index < -0.39 is 5.97 Å². The Kier molecular flexibility index (Phi) is 5.11. The van der Waals surface area contributed by atoms with Gasteiger partial charge < -0.3 is 10.1 Å². The molecule has 0 saturated carbocycles. The summed E-state index contributed by atoms with van der Waals surface area (Å²) in [4.78, 5) is 16.1. The number of rotatable bonds is 3. The van der Waals surface area contributed by atoms with E-state index in [0.717, 1.165) is 0 Å². The highest BCUT2D eigenvalue weighted by molar-refractivity contribution is 6.31. The van der Waals surface area contributed by atoms with Crippen LogP contribution in [-0.4, -0.2) is 25.0 Å². The van der Waals surface area contributed by atoms with Crippen LogP contribution in [-0.2, 0) is 9.53 Å². The number of hydrogen-bond acceptors (Lipinski definition) is 5. The number of nitrogens with one attached hydrogen (secondary N) is 1. The first-order valence-electron chi connectivity index (χ1n) is 7.52. The van der Waals surface area contributed by atoms with E-state index in [1.807, 2.05) is 0 Å². The number of benzene rings is 2. The van der Waals surface area contributed by atoms with Gasteiger partial charge in [-0.25, -0.2) is 9.18 Å². The monoisotopic (exact) mass is 359 g/mol. The molecule has 0 aromatic heterocycles. The van der Waals surface area contributed by atoms with E-state index >= 15 is 0 Å². The zero-order chi connectivity index (χ0) is 17.8. The summed E-state index contributed by atoms with van der Waals surface area (Å²) in [6.07, 6.45) is 1.28. The molecule has 1 heterocycles. The summed E-state index contributed by atoms with van der Waals surface area (Å²) < 4.78 is 19.0.